The van der Waals surface area contributed by atoms with E-state index < -0.39 is 10.0 Å². The molecule has 0 radical (unpaired) electrons. The molecule has 0 unspecified atom stereocenters. The number of nitrogen functional groups attached to an aromatic ring is 1. The van der Waals surface area contributed by atoms with E-state index >= 15 is 0 Å². The Bertz CT molecular complexity index is 784. The summed E-state index contributed by atoms with van der Waals surface area (Å²) in [5.41, 5.74) is 7.60. The average molecular weight is 373 g/mol. The first-order valence-corrected chi connectivity index (χ1v) is 8.64. The van der Waals surface area contributed by atoms with E-state index in [0.29, 0.717) is 28.2 Å². The van der Waals surface area contributed by atoms with Crippen molar-refractivity contribution in [1.29, 1.82) is 0 Å². The van der Waals surface area contributed by atoms with Gasteiger partial charge in [-0.3, -0.25) is 4.72 Å². The fourth-order valence-corrected chi connectivity index (χ4v) is 3.66. The summed E-state index contributed by atoms with van der Waals surface area (Å²) >= 11 is 3.33. The van der Waals surface area contributed by atoms with E-state index in [-0.39, 0.29) is 5.03 Å². The molecular weight excluding hydrogens is 356 g/mol. The lowest BCUT2D eigenvalue weighted by molar-refractivity contribution is 0.598. The van der Waals surface area contributed by atoms with Gasteiger partial charge in [-0.15, -0.1) is 0 Å². The maximum atomic E-state index is 12.4. The Kier molecular flexibility index (Phi) is 4.29. The number of rotatable bonds is 4. The van der Waals surface area contributed by atoms with E-state index in [9.17, 15) is 8.42 Å². The van der Waals surface area contributed by atoms with Gasteiger partial charge in [0.15, 0.2) is 5.03 Å². The lowest BCUT2D eigenvalue weighted by Crippen LogP contribution is -2.14. The molecule has 3 N–H and O–H groups in total. The minimum Gasteiger partial charge on any atom is -0.398 e. The predicted octanol–water partition coefficient (Wildman–Crippen LogP) is 2.67. The highest BCUT2D eigenvalue weighted by Crippen LogP contribution is 2.29. The Morgan fingerprint density at radius 2 is 2.05 bits per heavy atom. The third-order valence-corrected chi connectivity index (χ3v) is 5.06. The third-order valence-electron chi connectivity index (χ3n) is 3.17. The number of hydrogen-bond donors (Lipinski definition) is 2. The summed E-state index contributed by atoms with van der Waals surface area (Å²) in [5.74, 6) is 0.653. The van der Waals surface area contributed by atoms with Crippen molar-refractivity contribution in [3.63, 3.8) is 0 Å². The molecule has 114 valence electrons. The van der Waals surface area contributed by atoms with E-state index in [2.05, 4.69) is 25.6 Å². The summed E-state index contributed by atoms with van der Waals surface area (Å²) < 4.78 is 29.7. The van der Waals surface area contributed by atoms with Crippen LogP contribution in [0.2, 0.25) is 0 Å². The van der Waals surface area contributed by atoms with Crippen LogP contribution in [0.5, 0.6) is 0 Å². The zero-order valence-corrected chi connectivity index (χ0v) is 14.4. The third kappa shape index (κ3) is 3.21. The molecule has 0 saturated heterocycles. The fourth-order valence-electron chi connectivity index (χ4n) is 1.89. The second-order valence-electron chi connectivity index (χ2n) is 4.71. The number of imidazole rings is 1. The summed E-state index contributed by atoms with van der Waals surface area (Å²) in [6.45, 7) is 6.21. The summed E-state index contributed by atoms with van der Waals surface area (Å²) in [5, 5.41) is -0.00658. The topological polar surface area (TPSA) is 90.0 Å². The van der Waals surface area contributed by atoms with Crippen LogP contribution in [-0.4, -0.2) is 18.0 Å². The molecule has 0 fully saturated rings. The molecule has 0 amide bonds. The molecule has 6 nitrogen and oxygen atoms in total. The van der Waals surface area contributed by atoms with Gasteiger partial charge in [0.2, 0.25) is 0 Å². The Balaban J connectivity index is 2.39. The molecule has 1 aromatic carbocycles. The van der Waals surface area contributed by atoms with Crippen LogP contribution in [0.1, 0.15) is 18.3 Å². The number of sulfonamides is 1. The Labute approximate surface area is 132 Å². The molecule has 0 atom stereocenters. The SMILES string of the molecule is CCn1cc(S(=O)(=O)Nc2cc(N)c(C)cc2Br)nc1C. The number of benzene rings is 1. The highest BCUT2D eigenvalue weighted by Gasteiger charge is 2.20. The molecule has 8 heteroatoms. The molecular formula is C13H17BrN4O2S. The van der Waals surface area contributed by atoms with Gasteiger partial charge in [-0.1, -0.05) is 0 Å². The van der Waals surface area contributed by atoms with Gasteiger partial charge in [-0.25, -0.2) is 4.98 Å². The molecule has 0 aliphatic heterocycles. The summed E-state index contributed by atoms with van der Waals surface area (Å²) in [6, 6.07) is 3.35. The van der Waals surface area contributed by atoms with Crippen LogP contribution in [0, 0.1) is 13.8 Å². The number of nitrogens with two attached hydrogens (primary N) is 1. The van der Waals surface area contributed by atoms with Gasteiger partial charge in [-0.2, -0.15) is 8.42 Å². The molecule has 0 aliphatic carbocycles. The number of halogens is 1. The summed E-state index contributed by atoms with van der Waals surface area (Å²) in [4.78, 5) is 4.08. The smallest absolute Gasteiger partial charge is 0.280 e. The number of aromatic nitrogens is 2. The van der Waals surface area contributed by atoms with Crippen molar-refractivity contribution in [1.82, 2.24) is 9.55 Å². The normalized spacial score (nSPS) is 11.6. The highest BCUT2D eigenvalue weighted by molar-refractivity contribution is 9.10. The molecule has 0 saturated carbocycles. The van der Waals surface area contributed by atoms with Gasteiger partial charge in [0.1, 0.15) is 5.82 Å². The van der Waals surface area contributed by atoms with Crippen LogP contribution < -0.4 is 10.5 Å². The quantitative estimate of drug-likeness (QED) is 0.807. The first-order chi connectivity index (χ1) is 9.74. The van der Waals surface area contributed by atoms with E-state index in [4.69, 9.17) is 5.73 Å². The zero-order chi connectivity index (χ0) is 15.8. The van der Waals surface area contributed by atoms with Crippen LogP contribution in [0.25, 0.3) is 0 Å². The van der Waals surface area contributed by atoms with Crippen molar-refractivity contribution in [3.05, 3.63) is 34.2 Å². The van der Waals surface area contributed by atoms with Crippen LogP contribution in [0.15, 0.2) is 27.8 Å². The van der Waals surface area contributed by atoms with Crippen molar-refractivity contribution in [2.75, 3.05) is 10.5 Å². The molecule has 0 aliphatic rings. The molecule has 1 aromatic heterocycles. The molecule has 2 rings (SSSR count). The average Bonchev–Trinajstić information content (AvgIpc) is 2.78. The van der Waals surface area contributed by atoms with Crippen molar-refractivity contribution in [3.8, 4) is 0 Å². The molecule has 1 heterocycles. The number of aryl methyl sites for hydroxylation is 3. The van der Waals surface area contributed by atoms with E-state index in [1.807, 2.05) is 13.8 Å². The largest absolute Gasteiger partial charge is 0.398 e. The molecule has 2 aromatic rings. The second-order valence-corrected chi connectivity index (χ2v) is 7.19. The Morgan fingerprint density at radius 1 is 1.38 bits per heavy atom. The van der Waals surface area contributed by atoms with Crippen molar-refractivity contribution in [2.24, 2.45) is 0 Å². The van der Waals surface area contributed by atoms with E-state index in [1.54, 1.807) is 23.6 Å². The summed E-state index contributed by atoms with van der Waals surface area (Å²) in [7, 11) is -3.74. The van der Waals surface area contributed by atoms with Crippen molar-refractivity contribution < 1.29 is 8.42 Å². The number of nitrogens with one attached hydrogen (secondary N) is 1. The van der Waals surface area contributed by atoms with Crippen molar-refractivity contribution in [2.45, 2.75) is 32.3 Å². The predicted molar refractivity (Wildman–Crippen MR) is 86.7 cm³/mol. The molecule has 0 bridgehead atoms. The molecule has 21 heavy (non-hydrogen) atoms. The Hall–Kier alpha value is -1.54. The first kappa shape index (κ1) is 15.8. The van der Waals surface area contributed by atoms with Crippen LogP contribution in [0.3, 0.4) is 0 Å². The number of anilines is 2. The minimum atomic E-state index is -3.74. The monoisotopic (exact) mass is 372 g/mol. The van der Waals surface area contributed by atoms with E-state index in [0.717, 1.165) is 5.56 Å². The van der Waals surface area contributed by atoms with Crippen LogP contribution in [-0.2, 0) is 16.6 Å². The van der Waals surface area contributed by atoms with Crippen molar-refractivity contribution >= 4 is 37.3 Å². The van der Waals surface area contributed by atoms with Gasteiger partial charge >= 0.3 is 0 Å². The van der Waals surface area contributed by atoms with Gasteiger partial charge in [-0.05, 0) is 54.4 Å². The van der Waals surface area contributed by atoms with Gasteiger partial charge in [0, 0.05) is 22.9 Å². The van der Waals surface area contributed by atoms with Crippen LogP contribution in [0.4, 0.5) is 11.4 Å². The maximum absolute atomic E-state index is 12.4. The number of nitrogens with zero attached hydrogens (tertiary/aromatic N) is 2. The van der Waals surface area contributed by atoms with Gasteiger partial charge < -0.3 is 10.3 Å². The maximum Gasteiger partial charge on any atom is 0.280 e. The second kappa shape index (κ2) is 5.69. The highest BCUT2D eigenvalue weighted by atomic mass is 79.9. The summed E-state index contributed by atoms with van der Waals surface area (Å²) in [6.07, 6.45) is 1.52. The molecule has 0 spiro atoms. The fraction of sp³-hybridized carbons (Fsp3) is 0.308. The Morgan fingerprint density at radius 3 is 2.62 bits per heavy atom. The minimum absolute atomic E-state index is 0.00658. The lowest BCUT2D eigenvalue weighted by atomic mass is 10.2. The van der Waals surface area contributed by atoms with Gasteiger partial charge in [0.05, 0.1) is 5.69 Å². The zero-order valence-electron chi connectivity index (χ0n) is 12.0. The van der Waals surface area contributed by atoms with Crippen LogP contribution >= 0.6 is 15.9 Å². The lowest BCUT2D eigenvalue weighted by Gasteiger charge is -2.10. The number of hydrogen-bond acceptors (Lipinski definition) is 4. The standard InChI is InChI=1S/C13H17BrN4O2S/c1-4-18-7-13(16-9(18)3)21(19,20)17-12-6-11(15)8(2)5-10(12)14/h5-7,17H,4,15H2,1-3H3. The van der Waals surface area contributed by atoms with Gasteiger partial charge in [0.25, 0.3) is 10.0 Å². The van der Waals surface area contributed by atoms with E-state index in [1.165, 1.54) is 6.20 Å². The first-order valence-electron chi connectivity index (χ1n) is 6.36.